The van der Waals surface area contributed by atoms with Gasteiger partial charge >= 0.3 is 0 Å². The molecule has 1 aliphatic carbocycles. The number of pyridine rings is 1. The van der Waals surface area contributed by atoms with Crippen molar-refractivity contribution in [3.8, 4) is 5.75 Å². The molecule has 2 N–H and O–H groups in total. The summed E-state index contributed by atoms with van der Waals surface area (Å²) in [6.45, 7) is 0.383. The molecule has 14 heavy (non-hydrogen) atoms. The van der Waals surface area contributed by atoms with Gasteiger partial charge < -0.3 is 10.5 Å². The number of ether oxygens (including phenoxy) is 1. The molecule has 1 aromatic heterocycles. The van der Waals surface area contributed by atoms with Crippen LogP contribution in [0.4, 0.5) is 0 Å². The van der Waals surface area contributed by atoms with E-state index in [1.54, 1.807) is 12.3 Å². The Labute approximate surface area is 82.1 Å². The van der Waals surface area contributed by atoms with Crippen molar-refractivity contribution in [3.63, 3.8) is 0 Å². The van der Waals surface area contributed by atoms with Crippen LogP contribution in [0.25, 0.3) is 0 Å². The van der Waals surface area contributed by atoms with E-state index in [1.165, 1.54) is 0 Å². The van der Waals surface area contributed by atoms with Crippen molar-refractivity contribution in [2.45, 2.75) is 25.5 Å². The summed E-state index contributed by atoms with van der Waals surface area (Å²) in [6.07, 6.45) is 4.79. The highest BCUT2D eigenvalue weighted by molar-refractivity contribution is 5.72. The van der Waals surface area contributed by atoms with Crippen LogP contribution < -0.4 is 10.5 Å². The van der Waals surface area contributed by atoms with E-state index in [-0.39, 0.29) is 0 Å². The Balaban J connectivity index is 2.26. The number of hydrogen-bond acceptors (Lipinski definition) is 4. The molecule has 1 aromatic rings. The smallest absolute Gasteiger partial charge is 0.168 e. The summed E-state index contributed by atoms with van der Waals surface area (Å²) in [6, 6.07) is 1.65. The Morgan fingerprint density at radius 2 is 2.43 bits per heavy atom. The van der Waals surface area contributed by atoms with E-state index < -0.39 is 0 Å². The highest BCUT2D eigenvalue weighted by Crippen LogP contribution is 2.28. The molecule has 1 fully saturated rings. The van der Waals surface area contributed by atoms with E-state index in [1.807, 2.05) is 0 Å². The maximum atomic E-state index is 10.5. The number of hydrogen-bond donors (Lipinski definition) is 1. The number of nitrogens with two attached hydrogens (primary N) is 1. The van der Waals surface area contributed by atoms with Gasteiger partial charge in [-0.25, -0.2) is 0 Å². The summed E-state index contributed by atoms with van der Waals surface area (Å²) >= 11 is 0. The molecule has 0 bridgehead atoms. The molecule has 0 spiro atoms. The molecule has 0 atom stereocenters. The first-order valence-electron chi connectivity index (χ1n) is 4.64. The Kier molecular flexibility index (Phi) is 2.45. The quantitative estimate of drug-likeness (QED) is 0.719. The molecule has 4 nitrogen and oxygen atoms in total. The minimum Gasteiger partial charge on any atom is -0.490 e. The zero-order valence-electron chi connectivity index (χ0n) is 7.77. The van der Waals surface area contributed by atoms with Crippen LogP contribution in [0.5, 0.6) is 5.75 Å². The molecular formula is C10H12N2O2. The molecule has 0 aromatic carbocycles. The third kappa shape index (κ3) is 1.90. The highest BCUT2D eigenvalue weighted by Gasteiger charge is 2.24. The Morgan fingerprint density at radius 3 is 3.00 bits per heavy atom. The Morgan fingerprint density at radius 1 is 1.64 bits per heavy atom. The number of carbonyl (C=O) groups excluding carboxylic acids is 1. The molecule has 0 amide bonds. The van der Waals surface area contributed by atoms with E-state index in [9.17, 15) is 4.79 Å². The Bertz CT molecular complexity index is 348. The maximum absolute atomic E-state index is 10.5. The number of carbonyl (C=O) groups is 1. The second-order valence-corrected chi connectivity index (χ2v) is 3.36. The van der Waals surface area contributed by atoms with Crippen molar-refractivity contribution in [2.24, 2.45) is 5.73 Å². The zero-order valence-corrected chi connectivity index (χ0v) is 7.77. The van der Waals surface area contributed by atoms with E-state index in [2.05, 4.69) is 4.98 Å². The molecule has 2 rings (SSSR count). The molecular weight excluding hydrogens is 180 g/mol. The second kappa shape index (κ2) is 3.75. The molecule has 1 heterocycles. The van der Waals surface area contributed by atoms with E-state index in [0.717, 1.165) is 18.4 Å². The van der Waals surface area contributed by atoms with Crippen LogP contribution in [0.1, 0.15) is 28.9 Å². The fraction of sp³-hybridized carbons (Fsp3) is 0.400. The van der Waals surface area contributed by atoms with Crippen LogP contribution in [0.3, 0.4) is 0 Å². The third-order valence-corrected chi connectivity index (χ3v) is 2.12. The van der Waals surface area contributed by atoms with Crippen molar-refractivity contribution < 1.29 is 9.53 Å². The van der Waals surface area contributed by atoms with Crippen molar-refractivity contribution >= 4 is 6.29 Å². The molecule has 1 aliphatic rings. The molecule has 4 heteroatoms. The molecule has 0 aliphatic heterocycles. The molecule has 0 saturated heterocycles. The average Bonchev–Trinajstić information content (AvgIpc) is 3.01. The first-order valence-corrected chi connectivity index (χ1v) is 4.64. The molecule has 0 radical (unpaired) electrons. The topological polar surface area (TPSA) is 65.2 Å². The molecule has 0 unspecified atom stereocenters. The summed E-state index contributed by atoms with van der Waals surface area (Å²) in [5.41, 5.74) is 6.77. The van der Waals surface area contributed by atoms with Gasteiger partial charge in [-0.3, -0.25) is 9.78 Å². The largest absolute Gasteiger partial charge is 0.490 e. The van der Waals surface area contributed by atoms with Gasteiger partial charge in [0.1, 0.15) is 11.4 Å². The van der Waals surface area contributed by atoms with Gasteiger partial charge in [0.05, 0.1) is 6.10 Å². The monoisotopic (exact) mass is 192 g/mol. The van der Waals surface area contributed by atoms with Crippen molar-refractivity contribution in [1.82, 2.24) is 4.98 Å². The van der Waals surface area contributed by atoms with Crippen LogP contribution in [-0.2, 0) is 6.54 Å². The van der Waals surface area contributed by atoms with Gasteiger partial charge in [0.2, 0.25) is 0 Å². The minimum atomic E-state index is 0.308. The zero-order chi connectivity index (χ0) is 9.97. The molecule has 1 saturated carbocycles. The van der Waals surface area contributed by atoms with Gasteiger partial charge in [-0.05, 0) is 12.8 Å². The van der Waals surface area contributed by atoms with Crippen LogP contribution in [0, 0.1) is 0 Å². The van der Waals surface area contributed by atoms with Gasteiger partial charge in [0, 0.05) is 24.4 Å². The fourth-order valence-electron chi connectivity index (χ4n) is 1.17. The summed E-state index contributed by atoms with van der Waals surface area (Å²) in [7, 11) is 0. The standard InChI is InChI=1S/C10H12N2O2/c11-4-7-5-12-8(6-13)3-10(7)14-9-1-2-9/h3,5-6,9H,1-2,4,11H2. The number of aldehydes is 1. The number of aromatic nitrogens is 1. The van der Waals surface area contributed by atoms with E-state index in [4.69, 9.17) is 10.5 Å². The summed E-state index contributed by atoms with van der Waals surface area (Å²) < 4.78 is 5.61. The SMILES string of the molecule is NCc1cnc(C=O)cc1OC1CC1. The second-order valence-electron chi connectivity index (χ2n) is 3.36. The maximum Gasteiger partial charge on any atom is 0.168 e. The van der Waals surface area contributed by atoms with Crippen molar-refractivity contribution in [2.75, 3.05) is 0 Å². The first kappa shape index (κ1) is 9.15. The van der Waals surface area contributed by atoms with E-state index >= 15 is 0 Å². The lowest BCUT2D eigenvalue weighted by molar-refractivity contribution is 0.111. The predicted molar refractivity (Wildman–Crippen MR) is 51.2 cm³/mol. The van der Waals surface area contributed by atoms with Crippen LogP contribution >= 0.6 is 0 Å². The minimum absolute atomic E-state index is 0.308. The summed E-state index contributed by atoms with van der Waals surface area (Å²) in [5, 5.41) is 0. The Hall–Kier alpha value is -1.42. The van der Waals surface area contributed by atoms with Gasteiger partial charge in [-0.15, -0.1) is 0 Å². The lowest BCUT2D eigenvalue weighted by Crippen LogP contribution is -2.05. The van der Waals surface area contributed by atoms with Crippen LogP contribution in [0.15, 0.2) is 12.3 Å². The van der Waals surface area contributed by atoms with Gasteiger partial charge in [-0.1, -0.05) is 0 Å². The lowest BCUT2D eigenvalue weighted by atomic mass is 10.2. The van der Waals surface area contributed by atoms with Crippen molar-refractivity contribution in [1.29, 1.82) is 0 Å². The van der Waals surface area contributed by atoms with Crippen LogP contribution in [0.2, 0.25) is 0 Å². The summed E-state index contributed by atoms with van der Waals surface area (Å²) in [4.78, 5) is 14.4. The number of rotatable bonds is 4. The predicted octanol–water partition coefficient (Wildman–Crippen LogP) is 0.894. The number of nitrogens with zero attached hydrogens (tertiary/aromatic N) is 1. The first-order chi connectivity index (χ1) is 6.83. The van der Waals surface area contributed by atoms with Crippen molar-refractivity contribution in [3.05, 3.63) is 23.5 Å². The fourth-order valence-corrected chi connectivity index (χ4v) is 1.17. The van der Waals surface area contributed by atoms with E-state index in [0.29, 0.717) is 30.4 Å². The lowest BCUT2D eigenvalue weighted by Gasteiger charge is -2.08. The van der Waals surface area contributed by atoms with Gasteiger partial charge in [0.15, 0.2) is 6.29 Å². The average molecular weight is 192 g/mol. The van der Waals surface area contributed by atoms with Crippen LogP contribution in [-0.4, -0.2) is 17.4 Å². The third-order valence-electron chi connectivity index (χ3n) is 2.12. The van der Waals surface area contributed by atoms with Gasteiger partial charge in [-0.2, -0.15) is 0 Å². The normalized spacial score (nSPS) is 15.2. The highest BCUT2D eigenvalue weighted by atomic mass is 16.5. The van der Waals surface area contributed by atoms with Gasteiger partial charge in [0.25, 0.3) is 0 Å². The molecule has 74 valence electrons. The summed E-state index contributed by atoms with van der Waals surface area (Å²) in [5.74, 6) is 0.701.